The lowest BCUT2D eigenvalue weighted by Crippen LogP contribution is -2.54. The fraction of sp³-hybridized carbons (Fsp3) is 0.300. The molecule has 29 heavy (non-hydrogen) atoms. The second-order valence-electron chi connectivity index (χ2n) is 6.77. The predicted molar refractivity (Wildman–Crippen MR) is 105 cm³/mol. The van der Waals surface area contributed by atoms with Gasteiger partial charge in [-0.15, -0.1) is 0 Å². The van der Waals surface area contributed by atoms with Crippen LogP contribution in [-0.4, -0.2) is 68.6 Å². The van der Waals surface area contributed by atoms with Crippen molar-refractivity contribution in [2.75, 3.05) is 26.3 Å². The first-order chi connectivity index (χ1) is 14.2. The molecule has 4 rings (SSSR count). The van der Waals surface area contributed by atoms with Gasteiger partial charge in [-0.2, -0.15) is 0 Å². The molecule has 0 radical (unpaired) electrons. The SMILES string of the molecule is O=C(NCC1COCCN1C(=O)Cc1cnc[nH]1)c1ccnc(-n2cccc2)c1. The van der Waals surface area contributed by atoms with E-state index >= 15 is 0 Å². The normalized spacial score (nSPS) is 16.6. The number of hydrogen-bond donors (Lipinski definition) is 2. The van der Waals surface area contributed by atoms with E-state index < -0.39 is 0 Å². The zero-order valence-electron chi connectivity index (χ0n) is 15.8. The lowest BCUT2D eigenvalue weighted by Gasteiger charge is -2.35. The zero-order chi connectivity index (χ0) is 20.1. The number of nitrogens with one attached hydrogen (secondary N) is 2. The summed E-state index contributed by atoms with van der Waals surface area (Å²) in [5.41, 5.74) is 1.27. The Balaban J connectivity index is 1.38. The van der Waals surface area contributed by atoms with Crippen LogP contribution in [0.4, 0.5) is 0 Å². The van der Waals surface area contributed by atoms with Gasteiger partial charge in [0.25, 0.3) is 5.91 Å². The van der Waals surface area contributed by atoms with Crippen molar-refractivity contribution in [3.8, 4) is 5.82 Å². The van der Waals surface area contributed by atoms with E-state index in [0.29, 0.717) is 37.7 Å². The quantitative estimate of drug-likeness (QED) is 0.643. The third kappa shape index (κ3) is 4.52. The number of hydrogen-bond acceptors (Lipinski definition) is 5. The first-order valence-electron chi connectivity index (χ1n) is 9.43. The van der Waals surface area contributed by atoms with Crippen LogP contribution in [0, 0.1) is 0 Å². The number of aromatic amines is 1. The van der Waals surface area contributed by atoms with Crippen molar-refractivity contribution in [3.05, 3.63) is 66.6 Å². The molecule has 1 aliphatic rings. The Morgan fingerprint density at radius 1 is 1.31 bits per heavy atom. The number of H-pyrrole nitrogens is 1. The summed E-state index contributed by atoms with van der Waals surface area (Å²) in [5.74, 6) is 0.433. The molecule has 0 saturated carbocycles. The Morgan fingerprint density at radius 3 is 2.97 bits per heavy atom. The Hall–Kier alpha value is -3.46. The number of amides is 2. The molecule has 150 valence electrons. The highest BCUT2D eigenvalue weighted by molar-refractivity contribution is 5.94. The van der Waals surface area contributed by atoms with Crippen molar-refractivity contribution in [2.45, 2.75) is 12.5 Å². The molecule has 1 atom stereocenters. The molecule has 9 heteroatoms. The van der Waals surface area contributed by atoms with E-state index in [1.54, 1.807) is 35.8 Å². The maximum atomic E-state index is 12.7. The zero-order valence-corrected chi connectivity index (χ0v) is 15.8. The van der Waals surface area contributed by atoms with Crippen molar-refractivity contribution in [1.29, 1.82) is 0 Å². The molecule has 1 saturated heterocycles. The van der Waals surface area contributed by atoms with Crippen molar-refractivity contribution < 1.29 is 14.3 Å². The van der Waals surface area contributed by atoms with Crippen LogP contribution in [0.15, 0.2) is 55.4 Å². The van der Waals surface area contributed by atoms with Crippen LogP contribution in [0.2, 0.25) is 0 Å². The molecule has 3 aromatic rings. The summed E-state index contributed by atoms with van der Waals surface area (Å²) in [6.45, 7) is 1.69. The number of aromatic nitrogens is 4. The van der Waals surface area contributed by atoms with Gasteiger partial charge in [-0.1, -0.05) is 0 Å². The van der Waals surface area contributed by atoms with Crippen molar-refractivity contribution >= 4 is 11.8 Å². The molecule has 3 aromatic heterocycles. The summed E-state index contributed by atoms with van der Waals surface area (Å²) in [5, 5.41) is 2.91. The van der Waals surface area contributed by atoms with Gasteiger partial charge in [-0.05, 0) is 24.3 Å². The number of nitrogens with zero attached hydrogens (tertiary/aromatic N) is 4. The topological polar surface area (TPSA) is 105 Å². The van der Waals surface area contributed by atoms with Gasteiger partial charge in [0, 0.05) is 49.1 Å². The number of rotatable bonds is 6. The Labute approximate surface area is 167 Å². The minimum absolute atomic E-state index is 0.0180. The molecule has 0 aliphatic carbocycles. The van der Waals surface area contributed by atoms with Gasteiger partial charge in [0.05, 0.1) is 32.0 Å². The van der Waals surface area contributed by atoms with E-state index in [1.165, 1.54) is 0 Å². The lowest BCUT2D eigenvalue weighted by molar-refractivity contribution is -0.138. The highest BCUT2D eigenvalue weighted by Crippen LogP contribution is 2.11. The molecule has 0 bridgehead atoms. The molecule has 1 aliphatic heterocycles. The third-order valence-corrected chi connectivity index (χ3v) is 4.82. The highest BCUT2D eigenvalue weighted by atomic mass is 16.5. The van der Waals surface area contributed by atoms with Crippen LogP contribution in [0.5, 0.6) is 0 Å². The van der Waals surface area contributed by atoms with Gasteiger partial charge in [-0.25, -0.2) is 9.97 Å². The van der Waals surface area contributed by atoms with E-state index in [2.05, 4.69) is 20.3 Å². The highest BCUT2D eigenvalue weighted by Gasteiger charge is 2.28. The summed E-state index contributed by atoms with van der Waals surface area (Å²) in [6, 6.07) is 6.97. The Kier molecular flexibility index (Phi) is 5.66. The summed E-state index contributed by atoms with van der Waals surface area (Å²) < 4.78 is 7.36. The van der Waals surface area contributed by atoms with Crippen LogP contribution in [0.1, 0.15) is 16.1 Å². The fourth-order valence-corrected chi connectivity index (χ4v) is 3.30. The maximum absolute atomic E-state index is 12.7. The lowest BCUT2D eigenvalue weighted by atomic mass is 10.1. The molecule has 4 heterocycles. The first kappa shape index (κ1) is 18.9. The van der Waals surface area contributed by atoms with Crippen LogP contribution in [0.3, 0.4) is 0 Å². The van der Waals surface area contributed by atoms with E-state index in [9.17, 15) is 9.59 Å². The summed E-state index contributed by atoms with van der Waals surface area (Å²) in [7, 11) is 0. The molecule has 2 N–H and O–H groups in total. The largest absolute Gasteiger partial charge is 0.377 e. The molecule has 0 aromatic carbocycles. The van der Waals surface area contributed by atoms with Gasteiger partial charge in [0.1, 0.15) is 5.82 Å². The predicted octanol–water partition coefficient (Wildman–Crippen LogP) is 0.795. The summed E-state index contributed by atoms with van der Waals surface area (Å²) in [6.07, 6.45) is 8.78. The molecule has 2 amide bonds. The van der Waals surface area contributed by atoms with E-state index in [-0.39, 0.29) is 24.3 Å². The molecular formula is C20H22N6O3. The van der Waals surface area contributed by atoms with Crippen molar-refractivity contribution in [2.24, 2.45) is 0 Å². The van der Waals surface area contributed by atoms with Crippen LogP contribution in [0.25, 0.3) is 5.82 Å². The smallest absolute Gasteiger partial charge is 0.251 e. The number of carbonyl (C=O) groups excluding carboxylic acids is 2. The maximum Gasteiger partial charge on any atom is 0.251 e. The van der Waals surface area contributed by atoms with E-state index in [4.69, 9.17) is 4.74 Å². The van der Waals surface area contributed by atoms with E-state index in [0.717, 1.165) is 5.69 Å². The molecule has 1 unspecified atom stereocenters. The van der Waals surface area contributed by atoms with Gasteiger partial charge in [-0.3, -0.25) is 9.59 Å². The minimum atomic E-state index is -0.215. The van der Waals surface area contributed by atoms with Crippen molar-refractivity contribution in [3.63, 3.8) is 0 Å². The number of imidazole rings is 1. The monoisotopic (exact) mass is 394 g/mol. The Morgan fingerprint density at radius 2 is 2.17 bits per heavy atom. The molecule has 0 spiro atoms. The van der Waals surface area contributed by atoms with Crippen LogP contribution < -0.4 is 5.32 Å². The van der Waals surface area contributed by atoms with Crippen LogP contribution in [-0.2, 0) is 16.0 Å². The summed E-state index contributed by atoms with van der Waals surface area (Å²) in [4.78, 5) is 38.2. The van der Waals surface area contributed by atoms with Gasteiger partial charge >= 0.3 is 0 Å². The first-order valence-corrected chi connectivity index (χ1v) is 9.43. The second kappa shape index (κ2) is 8.70. The minimum Gasteiger partial charge on any atom is -0.377 e. The van der Waals surface area contributed by atoms with Crippen molar-refractivity contribution in [1.82, 2.24) is 29.7 Å². The fourth-order valence-electron chi connectivity index (χ4n) is 3.30. The van der Waals surface area contributed by atoms with E-state index in [1.807, 2.05) is 29.1 Å². The average molecular weight is 394 g/mol. The number of pyridine rings is 1. The standard InChI is InChI=1S/C20H22N6O3/c27-19(10-16-11-21-14-24-16)26-7-8-29-13-17(26)12-23-20(28)15-3-4-22-18(9-15)25-5-1-2-6-25/h1-6,9,11,14,17H,7-8,10,12-13H2,(H,21,24)(H,23,28). The van der Waals surface area contributed by atoms with Gasteiger partial charge in [0.15, 0.2) is 0 Å². The van der Waals surface area contributed by atoms with Crippen LogP contribution >= 0.6 is 0 Å². The number of ether oxygens (including phenoxy) is 1. The third-order valence-electron chi connectivity index (χ3n) is 4.82. The average Bonchev–Trinajstić information content (AvgIpc) is 3.46. The molecule has 1 fully saturated rings. The summed E-state index contributed by atoms with van der Waals surface area (Å²) >= 11 is 0. The van der Waals surface area contributed by atoms with Gasteiger partial charge in [0.2, 0.25) is 5.91 Å². The number of carbonyl (C=O) groups is 2. The second-order valence-corrected chi connectivity index (χ2v) is 6.77. The Bertz CT molecular complexity index is 955. The van der Waals surface area contributed by atoms with Gasteiger partial charge < -0.3 is 24.5 Å². The molecule has 9 nitrogen and oxygen atoms in total. The molecular weight excluding hydrogens is 372 g/mol. The number of morpholine rings is 1.